The molecule has 2 rings (SSSR count). The first-order valence-corrected chi connectivity index (χ1v) is 6.55. The van der Waals surface area contributed by atoms with Crippen LogP contribution in [0.4, 0.5) is 10.1 Å². The topological polar surface area (TPSA) is 56.3 Å². The van der Waals surface area contributed by atoms with Gasteiger partial charge in [-0.25, -0.2) is 14.4 Å². The second kappa shape index (κ2) is 6.51. The van der Waals surface area contributed by atoms with Crippen LogP contribution in [0.1, 0.15) is 5.56 Å². The summed E-state index contributed by atoms with van der Waals surface area (Å²) < 4.78 is 24.0. The first kappa shape index (κ1) is 14.5. The third kappa shape index (κ3) is 3.16. The van der Waals surface area contributed by atoms with Crippen molar-refractivity contribution in [3.63, 3.8) is 0 Å². The molecule has 0 radical (unpaired) electrons. The van der Waals surface area contributed by atoms with Gasteiger partial charge in [-0.2, -0.15) is 0 Å². The van der Waals surface area contributed by atoms with Crippen LogP contribution in [0.15, 0.2) is 29.0 Å². The van der Waals surface area contributed by atoms with Crippen molar-refractivity contribution < 1.29 is 13.9 Å². The van der Waals surface area contributed by atoms with Crippen molar-refractivity contribution in [3.8, 4) is 11.8 Å². The van der Waals surface area contributed by atoms with Crippen molar-refractivity contribution in [1.29, 1.82) is 0 Å². The summed E-state index contributed by atoms with van der Waals surface area (Å²) >= 11 is 3.30. The lowest BCUT2D eigenvalue weighted by Crippen LogP contribution is -2.07. The Bertz CT molecular complexity index is 588. The molecule has 0 bridgehead atoms. The average molecular weight is 342 g/mol. The van der Waals surface area contributed by atoms with Gasteiger partial charge in [0.05, 0.1) is 26.3 Å². The summed E-state index contributed by atoms with van der Waals surface area (Å²) in [6.07, 6.45) is 1.37. The predicted molar refractivity (Wildman–Crippen MR) is 76.6 cm³/mol. The number of hydrogen-bond donors (Lipinski definition) is 1. The Morgan fingerprint density at radius 3 is 2.40 bits per heavy atom. The third-order valence-corrected chi connectivity index (χ3v) is 3.30. The van der Waals surface area contributed by atoms with Crippen LogP contribution in [0, 0.1) is 5.82 Å². The fraction of sp³-hybridized carbons (Fsp3) is 0.231. The van der Waals surface area contributed by atoms with E-state index in [9.17, 15) is 4.39 Å². The van der Waals surface area contributed by atoms with E-state index >= 15 is 0 Å². The number of hydrogen-bond acceptors (Lipinski definition) is 5. The number of nitrogens with one attached hydrogen (secondary N) is 1. The maximum absolute atomic E-state index is 13.0. The fourth-order valence-electron chi connectivity index (χ4n) is 1.70. The lowest BCUT2D eigenvalue weighted by Gasteiger charge is -2.13. The van der Waals surface area contributed by atoms with Crippen LogP contribution < -0.4 is 14.8 Å². The molecule has 7 heteroatoms. The highest BCUT2D eigenvalue weighted by atomic mass is 79.9. The van der Waals surface area contributed by atoms with Gasteiger partial charge in [-0.05, 0) is 34.1 Å². The van der Waals surface area contributed by atoms with Gasteiger partial charge in [-0.3, -0.25) is 0 Å². The maximum atomic E-state index is 13.0. The molecule has 106 valence electrons. The standard InChI is InChI=1S/C13H13BrFN3O2/c1-19-12-9(13(20-2)18-7-17-12)6-16-11-4-3-8(15)5-10(11)14/h3-5,7,16H,6H2,1-2H3. The van der Waals surface area contributed by atoms with Gasteiger partial charge < -0.3 is 14.8 Å². The molecule has 2 aromatic rings. The van der Waals surface area contributed by atoms with Crippen LogP contribution in [0.5, 0.6) is 11.8 Å². The number of ether oxygens (including phenoxy) is 2. The van der Waals surface area contributed by atoms with E-state index in [1.165, 1.54) is 32.7 Å². The van der Waals surface area contributed by atoms with Gasteiger partial charge in [0.25, 0.3) is 0 Å². The Kier molecular flexibility index (Phi) is 4.73. The summed E-state index contributed by atoms with van der Waals surface area (Å²) in [7, 11) is 3.05. The summed E-state index contributed by atoms with van der Waals surface area (Å²) in [6.45, 7) is 0.386. The first-order valence-electron chi connectivity index (χ1n) is 5.76. The van der Waals surface area contributed by atoms with Crippen LogP contribution in [0.25, 0.3) is 0 Å². The molecule has 0 atom stereocenters. The van der Waals surface area contributed by atoms with E-state index in [1.807, 2.05) is 0 Å². The number of anilines is 1. The van der Waals surface area contributed by atoms with Crippen molar-refractivity contribution in [1.82, 2.24) is 9.97 Å². The Hall–Kier alpha value is -1.89. The van der Waals surface area contributed by atoms with E-state index in [0.29, 0.717) is 28.3 Å². The van der Waals surface area contributed by atoms with Crippen molar-refractivity contribution in [3.05, 3.63) is 40.4 Å². The molecule has 0 spiro atoms. The molecule has 0 aliphatic carbocycles. The predicted octanol–water partition coefficient (Wildman–Crippen LogP) is 3.01. The molecule has 0 aliphatic rings. The molecule has 20 heavy (non-hydrogen) atoms. The van der Waals surface area contributed by atoms with Crippen LogP contribution in [0.2, 0.25) is 0 Å². The van der Waals surface area contributed by atoms with Gasteiger partial charge >= 0.3 is 0 Å². The molecule has 5 nitrogen and oxygen atoms in total. The highest BCUT2D eigenvalue weighted by Crippen LogP contribution is 2.27. The van der Waals surface area contributed by atoms with Gasteiger partial charge in [0.1, 0.15) is 12.1 Å². The summed E-state index contributed by atoms with van der Waals surface area (Å²) in [5.74, 6) is 0.561. The molecule has 0 saturated carbocycles. The van der Waals surface area contributed by atoms with Crippen molar-refractivity contribution in [2.24, 2.45) is 0 Å². The van der Waals surface area contributed by atoms with Crippen LogP contribution in [-0.2, 0) is 6.54 Å². The lowest BCUT2D eigenvalue weighted by molar-refractivity contribution is 0.363. The molecule has 1 heterocycles. The Morgan fingerprint density at radius 1 is 1.20 bits per heavy atom. The van der Waals surface area contributed by atoms with Gasteiger partial charge in [-0.15, -0.1) is 0 Å². The molecule has 1 N–H and O–H groups in total. The second-order valence-electron chi connectivity index (χ2n) is 3.85. The number of aromatic nitrogens is 2. The largest absolute Gasteiger partial charge is 0.481 e. The van der Waals surface area contributed by atoms with Gasteiger partial charge in [-0.1, -0.05) is 0 Å². The van der Waals surface area contributed by atoms with Gasteiger partial charge in [0.2, 0.25) is 11.8 Å². The van der Waals surface area contributed by atoms with Crippen LogP contribution >= 0.6 is 15.9 Å². The highest BCUT2D eigenvalue weighted by Gasteiger charge is 2.13. The third-order valence-electron chi connectivity index (χ3n) is 2.64. The Labute approximate surface area is 124 Å². The molecule has 0 amide bonds. The van der Waals surface area contributed by atoms with E-state index < -0.39 is 0 Å². The summed E-state index contributed by atoms with van der Waals surface area (Å²) in [6, 6.07) is 4.41. The zero-order valence-corrected chi connectivity index (χ0v) is 12.6. The molecule has 0 saturated heterocycles. The molecule has 1 aromatic heterocycles. The molecular formula is C13H13BrFN3O2. The smallest absolute Gasteiger partial charge is 0.225 e. The van der Waals surface area contributed by atoms with E-state index in [-0.39, 0.29) is 5.82 Å². The lowest BCUT2D eigenvalue weighted by atomic mass is 10.2. The van der Waals surface area contributed by atoms with Crippen LogP contribution in [0.3, 0.4) is 0 Å². The zero-order valence-electron chi connectivity index (χ0n) is 11.0. The minimum Gasteiger partial charge on any atom is -0.481 e. The number of benzene rings is 1. The maximum Gasteiger partial charge on any atom is 0.225 e. The summed E-state index contributed by atoms with van der Waals surface area (Å²) in [4.78, 5) is 8.06. The van der Waals surface area contributed by atoms with Gasteiger partial charge in [0.15, 0.2) is 0 Å². The molecule has 0 unspecified atom stereocenters. The molecular weight excluding hydrogens is 329 g/mol. The highest BCUT2D eigenvalue weighted by molar-refractivity contribution is 9.10. The van der Waals surface area contributed by atoms with E-state index in [0.717, 1.165) is 5.69 Å². The average Bonchev–Trinajstić information content (AvgIpc) is 2.46. The number of methoxy groups -OCH3 is 2. The van der Waals surface area contributed by atoms with Crippen molar-refractivity contribution in [2.45, 2.75) is 6.54 Å². The zero-order chi connectivity index (χ0) is 14.5. The van der Waals surface area contributed by atoms with Crippen LogP contribution in [-0.4, -0.2) is 24.2 Å². The minimum atomic E-state index is -0.305. The SMILES string of the molecule is COc1ncnc(OC)c1CNc1ccc(F)cc1Br. The minimum absolute atomic E-state index is 0.305. The molecule has 1 aromatic carbocycles. The van der Waals surface area contributed by atoms with Crippen molar-refractivity contribution >= 4 is 21.6 Å². The fourth-order valence-corrected chi connectivity index (χ4v) is 2.19. The number of rotatable bonds is 5. The van der Waals surface area contributed by atoms with Gasteiger partial charge in [0, 0.05) is 10.2 Å². The molecule has 0 fully saturated rings. The Morgan fingerprint density at radius 2 is 1.85 bits per heavy atom. The van der Waals surface area contributed by atoms with E-state index in [2.05, 4.69) is 31.2 Å². The quantitative estimate of drug-likeness (QED) is 0.905. The molecule has 0 aliphatic heterocycles. The summed E-state index contributed by atoms with van der Waals surface area (Å²) in [5, 5.41) is 3.15. The summed E-state index contributed by atoms with van der Waals surface area (Å²) in [5.41, 5.74) is 1.44. The van der Waals surface area contributed by atoms with E-state index in [4.69, 9.17) is 9.47 Å². The Balaban J connectivity index is 2.22. The number of nitrogens with zero attached hydrogens (tertiary/aromatic N) is 2. The normalized spacial score (nSPS) is 10.2. The van der Waals surface area contributed by atoms with Crippen molar-refractivity contribution in [2.75, 3.05) is 19.5 Å². The monoisotopic (exact) mass is 341 g/mol. The van der Waals surface area contributed by atoms with E-state index in [1.54, 1.807) is 6.07 Å². The number of halogens is 2. The second-order valence-corrected chi connectivity index (χ2v) is 4.70. The first-order chi connectivity index (χ1) is 9.65.